The molecule has 1 N–H and O–H groups in total. The van der Waals surface area contributed by atoms with Gasteiger partial charge >= 0.3 is 29.8 Å². The molecule has 0 amide bonds. The Hall–Kier alpha value is -7.57. The molecule has 16 nitrogen and oxygen atoms in total. The Bertz CT molecular complexity index is 2690. The molecule has 0 radical (unpaired) electrons. The van der Waals surface area contributed by atoms with E-state index in [1.54, 1.807) is 115 Å². The molecular weight excluding hydrogens is 905 g/mol. The maximum Gasteiger partial charge on any atom is 0.340 e. The highest BCUT2D eigenvalue weighted by Gasteiger charge is 2.58. The Morgan fingerprint density at radius 1 is 0.443 bits per heavy atom. The van der Waals surface area contributed by atoms with Crippen LogP contribution in [0.1, 0.15) is 63.6 Å². The van der Waals surface area contributed by atoms with Crippen LogP contribution < -0.4 is 0 Å². The summed E-state index contributed by atoms with van der Waals surface area (Å²) in [5.74, 6) is -4.44. The second kappa shape index (κ2) is 22.2. The van der Waals surface area contributed by atoms with Gasteiger partial charge in [0.1, 0.15) is 37.1 Å². The van der Waals surface area contributed by atoms with E-state index in [0.717, 1.165) is 0 Å². The summed E-state index contributed by atoms with van der Waals surface area (Å²) in [4.78, 5) is 69.7. The van der Waals surface area contributed by atoms with Crippen LogP contribution >= 0.6 is 0 Å². The van der Waals surface area contributed by atoms with Crippen molar-refractivity contribution in [2.45, 2.75) is 67.7 Å². The Labute approximate surface area is 401 Å². The average Bonchev–Trinajstić information content (AvgIpc) is 3.41. The van der Waals surface area contributed by atoms with Crippen LogP contribution in [0, 0.1) is 0 Å². The smallest absolute Gasteiger partial charge is 0.340 e. The molecule has 3 heterocycles. The van der Waals surface area contributed by atoms with Gasteiger partial charge in [0, 0.05) is 5.56 Å². The first-order chi connectivity index (χ1) is 34.2. The predicted molar refractivity (Wildman–Crippen MR) is 244 cm³/mol. The highest BCUT2D eigenvalue weighted by atomic mass is 16.8. The number of aliphatic hydroxyl groups is 1. The van der Waals surface area contributed by atoms with E-state index in [1.807, 2.05) is 6.07 Å². The lowest BCUT2D eigenvalue weighted by molar-refractivity contribution is -0.382. The number of benzene rings is 6. The number of rotatable bonds is 14. The number of hydrogen-bond acceptors (Lipinski definition) is 16. The van der Waals surface area contributed by atoms with E-state index in [1.165, 1.54) is 60.7 Å². The van der Waals surface area contributed by atoms with Crippen molar-refractivity contribution in [1.82, 2.24) is 0 Å². The van der Waals surface area contributed by atoms with Crippen LogP contribution in [0.3, 0.4) is 0 Å². The molecule has 358 valence electrons. The first-order valence-corrected chi connectivity index (χ1v) is 22.4. The van der Waals surface area contributed by atoms with Gasteiger partial charge in [-0.15, -0.1) is 0 Å². The van der Waals surface area contributed by atoms with Crippen LogP contribution in [0.2, 0.25) is 0 Å². The molecule has 9 rings (SSSR count). The van der Waals surface area contributed by atoms with E-state index in [9.17, 15) is 29.1 Å². The topological polar surface area (TPSA) is 198 Å². The van der Waals surface area contributed by atoms with Gasteiger partial charge in [0.2, 0.25) is 12.4 Å². The minimum atomic E-state index is -1.86. The summed E-state index contributed by atoms with van der Waals surface area (Å²) in [5.41, 5.74) is 1.19. The molecule has 6 aromatic rings. The van der Waals surface area contributed by atoms with Crippen molar-refractivity contribution in [2.75, 3.05) is 13.2 Å². The Kier molecular flexibility index (Phi) is 15.1. The lowest BCUT2D eigenvalue weighted by Gasteiger charge is -2.50. The third kappa shape index (κ3) is 11.1. The molecule has 0 aliphatic carbocycles. The number of hydrogen-bond donors (Lipinski definition) is 1. The molecule has 3 fully saturated rings. The summed E-state index contributed by atoms with van der Waals surface area (Å²) in [7, 11) is 0. The van der Waals surface area contributed by atoms with Gasteiger partial charge in [-0.2, -0.15) is 0 Å². The van der Waals surface area contributed by atoms with Crippen molar-refractivity contribution in [2.24, 2.45) is 0 Å². The van der Waals surface area contributed by atoms with E-state index in [4.69, 9.17) is 47.4 Å². The first-order valence-electron chi connectivity index (χ1n) is 22.4. The number of aliphatic hydroxyl groups excluding tert-OH is 1. The lowest BCUT2D eigenvalue weighted by Crippen LogP contribution is -2.67. The normalized spacial score (nSPS) is 26.0. The van der Waals surface area contributed by atoms with Crippen LogP contribution in [0.15, 0.2) is 182 Å². The predicted octanol–water partition coefficient (Wildman–Crippen LogP) is 6.69. The van der Waals surface area contributed by atoms with E-state index >= 15 is 0 Å². The summed E-state index contributed by atoms with van der Waals surface area (Å²) in [6.45, 7) is -0.793. The van der Waals surface area contributed by atoms with Crippen molar-refractivity contribution < 1.29 is 76.4 Å². The molecule has 3 aliphatic heterocycles. The fourth-order valence-electron chi connectivity index (χ4n) is 8.13. The quantitative estimate of drug-likeness (QED) is 0.0895. The van der Waals surface area contributed by atoms with Gasteiger partial charge in [0.25, 0.3) is 0 Å². The highest BCUT2D eigenvalue weighted by molar-refractivity contribution is 5.92. The van der Waals surface area contributed by atoms with Gasteiger partial charge in [-0.25, -0.2) is 24.0 Å². The highest BCUT2D eigenvalue weighted by Crippen LogP contribution is 2.39. The van der Waals surface area contributed by atoms with Crippen LogP contribution in [-0.4, -0.2) is 110 Å². The van der Waals surface area contributed by atoms with E-state index in [-0.39, 0.29) is 34.4 Å². The van der Waals surface area contributed by atoms with Gasteiger partial charge in [-0.05, 0) is 60.7 Å². The number of ether oxygens (including phenoxy) is 10. The third-order valence-corrected chi connectivity index (χ3v) is 11.6. The SMILES string of the molecule is O=C(OC[C@H]1O[C@H](OC(=O)c2ccccc2)[C@@H](OC(=O)c2ccccc2)[C@@H](OC(=O)c2ccccc2)[C@@H]1O[C@@H]1O[C@@H]2COC(c3ccccc3)O[C@@H]2[C@H](O)[C@H]1OC(=O)c1ccccc1)c1ccccc1. The van der Waals surface area contributed by atoms with Gasteiger partial charge < -0.3 is 52.5 Å². The Morgan fingerprint density at radius 3 is 1.34 bits per heavy atom. The molecule has 11 atom stereocenters. The summed E-state index contributed by atoms with van der Waals surface area (Å²) in [6.07, 6.45) is -17.0. The molecule has 0 bridgehead atoms. The molecule has 0 saturated carbocycles. The summed E-state index contributed by atoms with van der Waals surface area (Å²) < 4.78 is 62.3. The molecule has 6 aromatic carbocycles. The van der Waals surface area contributed by atoms with Crippen LogP contribution in [0.5, 0.6) is 0 Å². The van der Waals surface area contributed by atoms with Crippen molar-refractivity contribution in [3.05, 3.63) is 215 Å². The largest absolute Gasteiger partial charge is 0.459 e. The molecule has 0 aromatic heterocycles. The lowest BCUT2D eigenvalue weighted by atomic mass is 9.95. The van der Waals surface area contributed by atoms with Crippen molar-refractivity contribution in [1.29, 1.82) is 0 Å². The van der Waals surface area contributed by atoms with Crippen molar-refractivity contribution >= 4 is 29.8 Å². The van der Waals surface area contributed by atoms with Crippen LogP contribution in [0.25, 0.3) is 0 Å². The van der Waals surface area contributed by atoms with Gasteiger partial charge in [-0.3, -0.25) is 0 Å². The molecule has 1 unspecified atom stereocenters. The summed E-state index contributed by atoms with van der Waals surface area (Å²) >= 11 is 0. The number of carbonyl (C=O) groups is 5. The summed E-state index contributed by atoms with van der Waals surface area (Å²) in [5, 5.41) is 12.3. The minimum Gasteiger partial charge on any atom is -0.459 e. The number of carbonyl (C=O) groups excluding carboxylic acids is 5. The third-order valence-electron chi connectivity index (χ3n) is 11.6. The fraction of sp³-hybridized carbons (Fsp3) is 0.241. The maximum absolute atomic E-state index is 14.3. The van der Waals surface area contributed by atoms with E-state index in [0.29, 0.717) is 5.56 Å². The first kappa shape index (κ1) is 47.5. The zero-order valence-electron chi connectivity index (χ0n) is 37.2. The average molecular weight is 951 g/mol. The van der Waals surface area contributed by atoms with Crippen LogP contribution in [-0.2, 0) is 47.4 Å². The molecule has 3 saturated heterocycles. The number of esters is 5. The van der Waals surface area contributed by atoms with E-state index in [2.05, 4.69) is 0 Å². The molecular formula is C54H46O16. The van der Waals surface area contributed by atoms with Crippen molar-refractivity contribution in [3.63, 3.8) is 0 Å². The number of fused-ring (bicyclic) bond motifs is 1. The van der Waals surface area contributed by atoms with Crippen molar-refractivity contribution in [3.8, 4) is 0 Å². The summed E-state index contributed by atoms with van der Waals surface area (Å²) in [6, 6.07) is 48.7. The maximum atomic E-state index is 14.3. The second-order valence-corrected chi connectivity index (χ2v) is 16.3. The zero-order chi connectivity index (χ0) is 48.4. The molecule has 0 spiro atoms. The van der Waals surface area contributed by atoms with Gasteiger partial charge in [0.15, 0.2) is 24.8 Å². The zero-order valence-corrected chi connectivity index (χ0v) is 37.2. The second-order valence-electron chi connectivity index (χ2n) is 16.3. The van der Waals surface area contributed by atoms with Gasteiger partial charge in [0.05, 0.1) is 34.4 Å². The molecule has 3 aliphatic rings. The van der Waals surface area contributed by atoms with Gasteiger partial charge in [-0.1, -0.05) is 121 Å². The van der Waals surface area contributed by atoms with Crippen LogP contribution in [0.4, 0.5) is 0 Å². The molecule has 16 heteroatoms. The fourth-order valence-corrected chi connectivity index (χ4v) is 8.13. The standard InChI is InChI=1S/C54H46O16/c55-41-42-39(32-62-52(68-42)38-29-17-6-18-30-38)63-53(44(41)65-48(57)34-21-9-2-10-22-34)69-43-40(31-61-47(56)33-19-7-1-8-20-33)64-54(70-51(60)37-27-15-5-16-28-37)46(67-50(59)36-25-13-4-14-26-36)45(43)66-49(58)35-23-11-3-12-24-35/h1-30,39-46,52-55H,31-32H2/t39-,40-,41+,42+,43-,44-,45+,46+,52?,53+,54-/m1/s1. The van der Waals surface area contributed by atoms with E-state index < -0.39 is 104 Å². The Morgan fingerprint density at radius 2 is 0.857 bits per heavy atom. The minimum absolute atomic E-state index is 0.0667. The Balaban J connectivity index is 1.13. The monoisotopic (exact) mass is 950 g/mol. The molecule has 70 heavy (non-hydrogen) atoms.